The smallest absolute Gasteiger partial charge is 0.130 e. The minimum atomic E-state index is -0.144. The van der Waals surface area contributed by atoms with Crippen LogP contribution in [0.3, 0.4) is 0 Å². The van der Waals surface area contributed by atoms with Crippen LogP contribution < -0.4 is 10.1 Å². The molecule has 3 heteroatoms. The van der Waals surface area contributed by atoms with Gasteiger partial charge in [0.25, 0.3) is 0 Å². The van der Waals surface area contributed by atoms with Crippen molar-refractivity contribution >= 4 is 0 Å². The molecule has 1 fully saturated rings. The molecule has 1 aromatic rings. The van der Waals surface area contributed by atoms with Crippen molar-refractivity contribution in [3.63, 3.8) is 0 Å². The van der Waals surface area contributed by atoms with Gasteiger partial charge in [-0.1, -0.05) is 19.9 Å². The highest BCUT2D eigenvalue weighted by atomic mass is 19.1. The average molecular weight is 251 g/mol. The maximum Gasteiger partial charge on any atom is 0.130 e. The molecule has 18 heavy (non-hydrogen) atoms. The predicted molar refractivity (Wildman–Crippen MR) is 71.6 cm³/mol. The molecular formula is C15H22FNO. The number of halogens is 1. The topological polar surface area (TPSA) is 21.3 Å². The maximum atomic E-state index is 14.1. The molecule has 1 aliphatic rings. The summed E-state index contributed by atoms with van der Waals surface area (Å²) in [5.41, 5.74) is 0.770. The minimum Gasteiger partial charge on any atom is -0.497 e. The Bertz CT molecular complexity index is 421. The van der Waals surface area contributed by atoms with Crippen molar-refractivity contribution in [2.75, 3.05) is 13.7 Å². The zero-order valence-corrected chi connectivity index (χ0v) is 11.4. The van der Waals surface area contributed by atoms with Crippen LogP contribution in [-0.2, 0) is 5.41 Å². The van der Waals surface area contributed by atoms with Gasteiger partial charge in [-0.05, 0) is 42.9 Å². The summed E-state index contributed by atoms with van der Waals surface area (Å²) in [7, 11) is 1.56. The Hall–Kier alpha value is -1.09. The van der Waals surface area contributed by atoms with Gasteiger partial charge in [0.1, 0.15) is 11.6 Å². The number of rotatable bonds is 4. The van der Waals surface area contributed by atoms with Gasteiger partial charge < -0.3 is 10.1 Å². The van der Waals surface area contributed by atoms with Crippen molar-refractivity contribution < 1.29 is 9.13 Å². The fraction of sp³-hybridized carbons (Fsp3) is 0.600. The molecule has 0 spiro atoms. The fourth-order valence-electron chi connectivity index (χ4n) is 3.06. The van der Waals surface area contributed by atoms with Crippen LogP contribution in [0.2, 0.25) is 0 Å². The number of benzene rings is 1. The highest BCUT2D eigenvalue weighted by molar-refractivity contribution is 5.34. The summed E-state index contributed by atoms with van der Waals surface area (Å²) >= 11 is 0. The van der Waals surface area contributed by atoms with Crippen molar-refractivity contribution in [2.45, 2.75) is 44.6 Å². The van der Waals surface area contributed by atoms with Gasteiger partial charge in [0.2, 0.25) is 0 Å². The van der Waals surface area contributed by atoms with Crippen LogP contribution in [-0.4, -0.2) is 19.7 Å². The summed E-state index contributed by atoms with van der Waals surface area (Å²) in [6.45, 7) is 5.25. The van der Waals surface area contributed by atoms with E-state index < -0.39 is 0 Å². The van der Waals surface area contributed by atoms with Gasteiger partial charge in [-0.15, -0.1) is 0 Å². The second-order valence-electron chi connectivity index (χ2n) is 5.40. The van der Waals surface area contributed by atoms with Crippen LogP contribution in [0, 0.1) is 5.82 Å². The van der Waals surface area contributed by atoms with Gasteiger partial charge in [0.15, 0.2) is 0 Å². The van der Waals surface area contributed by atoms with Crippen LogP contribution in [0.1, 0.15) is 38.7 Å². The SMILES string of the molecule is CCNC1CCC(C)(c2ccc(OC)cc2F)C1. The molecule has 2 unspecified atom stereocenters. The number of hydrogen-bond donors (Lipinski definition) is 1. The number of methoxy groups -OCH3 is 1. The van der Waals surface area contributed by atoms with Crippen molar-refractivity contribution in [3.05, 3.63) is 29.6 Å². The van der Waals surface area contributed by atoms with E-state index in [2.05, 4.69) is 19.2 Å². The lowest BCUT2D eigenvalue weighted by Crippen LogP contribution is -2.29. The molecule has 2 atom stereocenters. The molecule has 0 bridgehead atoms. The number of ether oxygens (including phenoxy) is 1. The lowest BCUT2D eigenvalue weighted by atomic mass is 9.80. The first kappa shape index (κ1) is 13.3. The lowest BCUT2D eigenvalue weighted by Gasteiger charge is -2.25. The molecular weight excluding hydrogens is 229 g/mol. The molecule has 1 aromatic carbocycles. The predicted octanol–water partition coefficient (Wildman–Crippen LogP) is 3.25. The third-order valence-corrected chi connectivity index (χ3v) is 4.06. The molecule has 2 nitrogen and oxygen atoms in total. The van der Waals surface area contributed by atoms with Crippen LogP contribution in [0.15, 0.2) is 18.2 Å². The van der Waals surface area contributed by atoms with E-state index in [1.165, 1.54) is 6.07 Å². The third-order valence-electron chi connectivity index (χ3n) is 4.06. The highest BCUT2D eigenvalue weighted by Gasteiger charge is 2.37. The second kappa shape index (κ2) is 5.27. The van der Waals surface area contributed by atoms with E-state index in [-0.39, 0.29) is 11.2 Å². The average Bonchev–Trinajstić information content (AvgIpc) is 2.72. The Morgan fingerprint density at radius 3 is 2.89 bits per heavy atom. The first-order valence-corrected chi connectivity index (χ1v) is 6.66. The Kier molecular flexibility index (Phi) is 3.91. The van der Waals surface area contributed by atoms with Crippen LogP contribution in [0.5, 0.6) is 5.75 Å². The summed E-state index contributed by atoms with van der Waals surface area (Å²) < 4.78 is 19.2. The molecule has 0 radical (unpaired) electrons. The van der Waals surface area contributed by atoms with E-state index in [9.17, 15) is 4.39 Å². The summed E-state index contributed by atoms with van der Waals surface area (Å²) in [5.74, 6) is 0.440. The largest absolute Gasteiger partial charge is 0.497 e. The summed E-state index contributed by atoms with van der Waals surface area (Å²) in [6.07, 6.45) is 3.16. The van der Waals surface area contributed by atoms with Crippen molar-refractivity contribution in [3.8, 4) is 5.75 Å². The molecule has 0 saturated heterocycles. The van der Waals surface area contributed by atoms with E-state index in [1.54, 1.807) is 7.11 Å². The highest BCUT2D eigenvalue weighted by Crippen LogP contribution is 2.42. The molecule has 2 rings (SSSR count). The Morgan fingerprint density at radius 2 is 2.28 bits per heavy atom. The summed E-state index contributed by atoms with van der Waals surface area (Å²) in [6, 6.07) is 5.73. The minimum absolute atomic E-state index is 0.0524. The first-order chi connectivity index (χ1) is 8.59. The van der Waals surface area contributed by atoms with Gasteiger partial charge in [0.05, 0.1) is 7.11 Å². The molecule has 0 heterocycles. The van der Waals surface area contributed by atoms with Crippen LogP contribution in [0.25, 0.3) is 0 Å². The third kappa shape index (κ3) is 2.51. The Balaban J connectivity index is 2.21. The fourth-order valence-corrected chi connectivity index (χ4v) is 3.06. The Morgan fingerprint density at radius 1 is 1.50 bits per heavy atom. The summed E-state index contributed by atoms with van der Waals surface area (Å²) in [4.78, 5) is 0. The molecule has 1 aliphatic carbocycles. The number of hydrogen-bond acceptors (Lipinski definition) is 2. The zero-order chi connectivity index (χ0) is 13.2. The molecule has 100 valence electrons. The van der Waals surface area contributed by atoms with Gasteiger partial charge in [-0.25, -0.2) is 4.39 Å². The van der Waals surface area contributed by atoms with Crippen molar-refractivity contribution in [1.29, 1.82) is 0 Å². The first-order valence-electron chi connectivity index (χ1n) is 6.66. The van der Waals surface area contributed by atoms with Gasteiger partial charge in [-0.3, -0.25) is 0 Å². The molecule has 1 saturated carbocycles. The molecule has 0 aromatic heterocycles. The van der Waals surface area contributed by atoms with Crippen LogP contribution >= 0.6 is 0 Å². The van der Waals surface area contributed by atoms with E-state index in [0.717, 1.165) is 31.4 Å². The van der Waals surface area contributed by atoms with Crippen molar-refractivity contribution in [1.82, 2.24) is 5.32 Å². The van der Waals surface area contributed by atoms with E-state index in [4.69, 9.17) is 4.74 Å². The monoisotopic (exact) mass is 251 g/mol. The molecule has 0 aliphatic heterocycles. The Labute approximate surface area is 109 Å². The van der Waals surface area contributed by atoms with Gasteiger partial charge in [-0.2, -0.15) is 0 Å². The second-order valence-corrected chi connectivity index (χ2v) is 5.40. The van der Waals surface area contributed by atoms with Gasteiger partial charge >= 0.3 is 0 Å². The molecule has 0 amide bonds. The zero-order valence-electron chi connectivity index (χ0n) is 11.4. The van der Waals surface area contributed by atoms with E-state index in [1.807, 2.05) is 12.1 Å². The quantitative estimate of drug-likeness (QED) is 0.887. The van der Waals surface area contributed by atoms with E-state index in [0.29, 0.717) is 11.8 Å². The maximum absolute atomic E-state index is 14.1. The molecule has 1 N–H and O–H groups in total. The lowest BCUT2D eigenvalue weighted by molar-refractivity contribution is 0.403. The number of nitrogens with one attached hydrogen (secondary N) is 1. The normalized spacial score (nSPS) is 27.4. The summed E-state index contributed by atoms with van der Waals surface area (Å²) in [5, 5.41) is 3.46. The van der Waals surface area contributed by atoms with Crippen molar-refractivity contribution in [2.24, 2.45) is 0 Å². The standard InChI is InChI=1S/C15H22FNO/c1-4-17-11-7-8-15(2,10-11)13-6-5-12(18-3)9-14(13)16/h5-6,9,11,17H,4,7-8,10H2,1-3H3. The van der Waals surface area contributed by atoms with Crippen LogP contribution in [0.4, 0.5) is 4.39 Å². The van der Waals surface area contributed by atoms with Gasteiger partial charge in [0, 0.05) is 12.1 Å². The van der Waals surface area contributed by atoms with E-state index >= 15 is 0 Å².